The molecule has 160 valence electrons. The van der Waals surface area contributed by atoms with Crippen LogP contribution in [0.15, 0.2) is 29.9 Å². The van der Waals surface area contributed by atoms with Crippen molar-refractivity contribution >= 4 is 35.1 Å². The number of carbonyl (C=O) groups excluding carboxylic acids is 1. The first-order valence-electron chi connectivity index (χ1n) is 10.3. The molecule has 1 amide bonds. The number of hydrogen-bond acceptors (Lipinski definition) is 8. The number of thiazole rings is 1. The Labute approximate surface area is 185 Å². The number of aromatic nitrogens is 5. The van der Waals surface area contributed by atoms with E-state index in [1.165, 1.54) is 0 Å². The lowest BCUT2D eigenvalue weighted by molar-refractivity contribution is -0.126. The van der Waals surface area contributed by atoms with Gasteiger partial charge in [-0.2, -0.15) is 0 Å². The smallest absolute Gasteiger partial charge is 0.246 e. The van der Waals surface area contributed by atoms with Crippen molar-refractivity contribution < 1.29 is 4.79 Å². The van der Waals surface area contributed by atoms with Gasteiger partial charge in [0.25, 0.3) is 0 Å². The summed E-state index contributed by atoms with van der Waals surface area (Å²) < 4.78 is 0. The molecular weight excluding hydrogens is 410 g/mol. The van der Waals surface area contributed by atoms with Gasteiger partial charge in [0.1, 0.15) is 0 Å². The lowest BCUT2D eigenvalue weighted by Gasteiger charge is -2.31. The minimum atomic E-state index is 0.0187. The predicted molar refractivity (Wildman–Crippen MR) is 121 cm³/mol. The summed E-state index contributed by atoms with van der Waals surface area (Å²) in [6.07, 6.45) is 8.43. The molecule has 0 aliphatic carbocycles. The Morgan fingerprint density at radius 1 is 1.10 bits per heavy atom. The zero-order valence-electron chi connectivity index (χ0n) is 17.9. The van der Waals surface area contributed by atoms with Crippen molar-refractivity contribution in [1.29, 1.82) is 0 Å². The van der Waals surface area contributed by atoms with Crippen molar-refractivity contribution in [2.24, 2.45) is 0 Å². The second-order valence-corrected chi connectivity index (χ2v) is 8.68. The fraction of sp³-hybridized carbons (Fsp3) is 0.364. The minimum Gasteiger partial charge on any atom is -0.339 e. The van der Waals surface area contributed by atoms with E-state index in [4.69, 9.17) is 0 Å². The van der Waals surface area contributed by atoms with E-state index in [-0.39, 0.29) is 11.8 Å². The summed E-state index contributed by atoms with van der Waals surface area (Å²) in [5.41, 5.74) is 3.52. The summed E-state index contributed by atoms with van der Waals surface area (Å²) in [6, 6.07) is 1.93. The SMILES string of the molecule is Cc1cc(C)nc(Nc2nccnc2C2CCN(C(=O)/C=C/c3csc(C)n3)CC2)n1. The summed E-state index contributed by atoms with van der Waals surface area (Å²) in [5.74, 6) is 1.44. The van der Waals surface area contributed by atoms with Crippen LogP contribution >= 0.6 is 11.3 Å². The van der Waals surface area contributed by atoms with E-state index < -0.39 is 0 Å². The first-order chi connectivity index (χ1) is 15.0. The number of rotatable bonds is 5. The van der Waals surface area contributed by atoms with Crippen LogP contribution in [0.1, 0.15) is 46.5 Å². The molecule has 8 nitrogen and oxygen atoms in total. The molecule has 1 fully saturated rings. The minimum absolute atomic E-state index is 0.0187. The zero-order valence-corrected chi connectivity index (χ0v) is 18.7. The number of nitrogens with one attached hydrogen (secondary N) is 1. The largest absolute Gasteiger partial charge is 0.339 e. The van der Waals surface area contributed by atoms with Gasteiger partial charge in [0.15, 0.2) is 5.82 Å². The molecule has 3 aromatic heterocycles. The van der Waals surface area contributed by atoms with Gasteiger partial charge in [-0.15, -0.1) is 11.3 Å². The van der Waals surface area contributed by atoms with Crippen LogP contribution in [0.5, 0.6) is 0 Å². The molecule has 0 saturated carbocycles. The number of hydrogen-bond donors (Lipinski definition) is 1. The number of aryl methyl sites for hydroxylation is 3. The van der Waals surface area contributed by atoms with E-state index in [1.54, 1.807) is 35.9 Å². The van der Waals surface area contributed by atoms with Gasteiger partial charge in [-0.1, -0.05) is 0 Å². The van der Waals surface area contributed by atoms with Crippen LogP contribution in [0, 0.1) is 20.8 Å². The number of likely N-dealkylation sites (tertiary alicyclic amines) is 1. The molecule has 1 aliphatic rings. The molecule has 0 unspecified atom stereocenters. The summed E-state index contributed by atoms with van der Waals surface area (Å²) in [5, 5.41) is 6.18. The van der Waals surface area contributed by atoms with E-state index in [1.807, 2.05) is 37.1 Å². The quantitative estimate of drug-likeness (QED) is 0.609. The summed E-state index contributed by atoms with van der Waals surface area (Å²) >= 11 is 1.58. The third-order valence-electron chi connectivity index (χ3n) is 5.17. The van der Waals surface area contributed by atoms with Crippen molar-refractivity contribution in [1.82, 2.24) is 29.8 Å². The normalized spacial score (nSPS) is 14.9. The lowest BCUT2D eigenvalue weighted by Crippen LogP contribution is -2.37. The van der Waals surface area contributed by atoms with Crippen LogP contribution in [0.25, 0.3) is 6.08 Å². The first-order valence-corrected chi connectivity index (χ1v) is 11.2. The highest BCUT2D eigenvalue weighted by Gasteiger charge is 2.26. The molecule has 9 heteroatoms. The Morgan fingerprint density at radius 3 is 2.48 bits per heavy atom. The average molecular weight is 436 g/mol. The second-order valence-electron chi connectivity index (χ2n) is 7.61. The Hall–Kier alpha value is -3.20. The summed E-state index contributed by atoms with van der Waals surface area (Å²) in [7, 11) is 0. The van der Waals surface area contributed by atoms with Gasteiger partial charge in [-0.25, -0.2) is 19.9 Å². The van der Waals surface area contributed by atoms with Crippen LogP contribution in [-0.2, 0) is 4.79 Å². The third kappa shape index (κ3) is 5.29. The molecule has 0 bridgehead atoms. The van der Waals surface area contributed by atoms with Crippen LogP contribution < -0.4 is 5.32 Å². The van der Waals surface area contributed by atoms with Gasteiger partial charge in [-0.3, -0.25) is 9.78 Å². The predicted octanol–water partition coefficient (Wildman–Crippen LogP) is 3.81. The maximum Gasteiger partial charge on any atom is 0.246 e. The molecule has 31 heavy (non-hydrogen) atoms. The average Bonchev–Trinajstić information content (AvgIpc) is 3.17. The lowest BCUT2D eigenvalue weighted by atomic mass is 9.93. The fourth-order valence-electron chi connectivity index (χ4n) is 3.72. The Balaban J connectivity index is 1.41. The topological polar surface area (TPSA) is 96.8 Å². The number of nitrogens with zero attached hydrogens (tertiary/aromatic N) is 6. The molecule has 4 rings (SSSR count). The van der Waals surface area contributed by atoms with Crippen molar-refractivity contribution in [3.05, 3.63) is 57.7 Å². The molecule has 0 atom stereocenters. The van der Waals surface area contributed by atoms with E-state index in [0.717, 1.165) is 40.6 Å². The Morgan fingerprint density at radius 2 is 1.81 bits per heavy atom. The van der Waals surface area contributed by atoms with Crippen LogP contribution in [0.3, 0.4) is 0 Å². The van der Waals surface area contributed by atoms with E-state index >= 15 is 0 Å². The highest BCUT2D eigenvalue weighted by atomic mass is 32.1. The van der Waals surface area contributed by atoms with Gasteiger partial charge < -0.3 is 10.2 Å². The Kier molecular flexibility index (Phi) is 6.31. The molecule has 1 N–H and O–H groups in total. The maximum absolute atomic E-state index is 12.6. The van der Waals surface area contributed by atoms with Crippen LogP contribution in [0.2, 0.25) is 0 Å². The number of anilines is 2. The highest BCUT2D eigenvalue weighted by molar-refractivity contribution is 7.09. The maximum atomic E-state index is 12.6. The van der Waals surface area contributed by atoms with Crippen LogP contribution in [-0.4, -0.2) is 48.8 Å². The molecule has 4 heterocycles. The van der Waals surface area contributed by atoms with E-state index in [0.29, 0.717) is 24.9 Å². The molecule has 0 radical (unpaired) electrons. The highest BCUT2D eigenvalue weighted by Crippen LogP contribution is 2.31. The van der Waals surface area contributed by atoms with Crippen molar-refractivity contribution in [2.75, 3.05) is 18.4 Å². The van der Waals surface area contributed by atoms with Gasteiger partial charge in [-0.05, 0) is 45.8 Å². The first kappa shape index (κ1) is 21.0. The zero-order chi connectivity index (χ0) is 21.8. The molecule has 1 aliphatic heterocycles. The van der Waals surface area contributed by atoms with E-state index in [9.17, 15) is 4.79 Å². The van der Waals surface area contributed by atoms with Crippen molar-refractivity contribution in [3.63, 3.8) is 0 Å². The molecular formula is C22H25N7OS. The third-order valence-corrected chi connectivity index (χ3v) is 5.96. The number of amides is 1. The van der Waals surface area contributed by atoms with Crippen molar-refractivity contribution in [3.8, 4) is 0 Å². The summed E-state index contributed by atoms with van der Waals surface area (Å²) in [4.78, 5) is 36.7. The van der Waals surface area contributed by atoms with Gasteiger partial charge in [0, 0.05) is 54.2 Å². The molecule has 0 spiro atoms. The molecule has 3 aromatic rings. The van der Waals surface area contributed by atoms with Crippen molar-refractivity contribution in [2.45, 2.75) is 39.5 Å². The monoisotopic (exact) mass is 435 g/mol. The summed E-state index contributed by atoms with van der Waals surface area (Å²) in [6.45, 7) is 7.19. The van der Waals surface area contributed by atoms with Gasteiger partial charge in [0.2, 0.25) is 11.9 Å². The van der Waals surface area contributed by atoms with Crippen LogP contribution in [0.4, 0.5) is 11.8 Å². The second kappa shape index (κ2) is 9.30. The molecule has 1 saturated heterocycles. The molecule has 0 aromatic carbocycles. The Bertz CT molecular complexity index is 1080. The van der Waals surface area contributed by atoms with Gasteiger partial charge in [0.05, 0.1) is 16.4 Å². The number of carbonyl (C=O) groups is 1. The van der Waals surface area contributed by atoms with Gasteiger partial charge >= 0.3 is 0 Å². The standard InChI is InChI=1S/C22H25N7OS/c1-14-12-15(2)26-22(25-14)28-21-20(23-8-9-24-21)17-6-10-29(11-7-17)19(30)5-4-18-13-31-16(3)27-18/h4-5,8-9,12-13,17H,6-7,10-11H2,1-3H3,(H,24,25,26,28)/b5-4+. The van der Waals surface area contributed by atoms with E-state index in [2.05, 4.69) is 30.2 Å². The number of piperidine rings is 1. The fourth-order valence-corrected chi connectivity index (χ4v) is 4.30.